The summed E-state index contributed by atoms with van der Waals surface area (Å²) >= 11 is 3.42. The van der Waals surface area contributed by atoms with E-state index in [1.165, 1.54) is 0 Å². The monoisotopic (exact) mass is 329 g/mol. The van der Waals surface area contributed by atoms with Gasteiger partial charge in [-0.3, -0.25) is 0 Å². The van der Waals surface area contributed by atoms with Gasteiger partial charge in [0, 0.05) is 16.1 Å². The lowest BCUT2D eigenvalue weighted by Crippen LogP contribution is -2.06. The lowest BCUT2D eigenvalue weighted by molar-refractivity contribution is -0.378. The molecule has 0 fully saturated rings. The predicted octanol–water partition coefficient (Wildman–Crippen LogP) is 2.61. The number of benzene rings is 1. The van der Waals surface area contributed by atoms with Crippen LogP contribution in [0, 0.1) is 0 Å². The summed E-state index contributed by atoms with van der Waals surface area (Å²) in [5.41, 5.74) is 1.90. The minimum atomic E-state index is -0.445. The number of rotatable bonds is 2. The van der Waals surface area contributed by atoms with Crippen molar-refractivity contribution in [1.29, 1.82) is 0 Å². The molecule has 0 radical (unpaired) electrons. The van der Waals surface area contributed by atoms with Crippen molar-refractivity contribution in [2.45, 2.75) is 0 Å². The number of ether oxygens (including phenoxy) is 1. The molecule has 0 amide bonds. The van der Waals surface area contributed by atoms with Crippen LogP contribution in [0.1, 0.15) is 11.1 Å². The highest BCUT2D eigenvalue weighted by atomic mass is 79.9. The fourth-order valence-electron chi connectivity index (χ4n) is 1.81. The van der Waals surface area contributed by atoms with E-state index in [1.807, 2.05) is 36.4 Å². The summed E-state index contributed by atoms with van der Waals surface area (Å²) in [6, 6.07) is 11.2. The molecular weight excluding hydrogens is 320 g/mol. The van der Waals surface area contributed by atoms with Crippen molar-refractivity contribution in [3.8, 4) is 0 Å². The Morgan fingerprint density at radius 1 is 1.20 bits per heavy atom. The van der Waals surface area contributed by atoms with Crippen LogP contribution >= 0.6 is 15.9 Å². The van der Waals surface area contributed by atoms with Gasteiger partial charge in [-0.25, -0.2) is 14.8 Å². The van der Waals surface area contributed by atoms with Crippen LogP contribution in [0.15, 0.2) is 64.0 Å². The van der Waals surface area contributed by atoms with Crippen LogP contribution in [0.3, 0.4) is 0 Å². The molecule has 0 spiro atoms. The van der Waals surface area contributed by atoms with Gasteiger partial charge in [0.25, 0.3) is 0 Å². The van der Waals surface area contributed by atoms with Crippen LogP contribution in [0.4, 0.5) is 0 Å². The second kappa shape index (κ2) is 5.38. The zero-order chi connectivity index (χ0) is 13.9. The molecule has 0 atom stereocenters. The highest BCUT2D eigenvalue weighted by Crippen LogP contribution is 2.23. The van der Waals surface area contributed by atoms with Gasteiger partial charge >= 0.3 is 5.97 Å². The minimum Gasteiger partial charge on any atom is -0.402 e. The molecular formula is C15H10BrN2O2+. The van der Waals surface area contributed by atoms with E-state index in [2.05, 4.69) is 25.9 Å². The summed E-state index contributed by atoms with van der Waals surface area (Å²) in [5.74, 6) is -0.131. The molecule has 3 rings (SSSR count). The first-order valence-electron chi connectivity index (χ1n) is 5.97. The van der Waals surface area contributed by atoms with Crippen LogP contribution in [-0.4, -0.2) is 11.9 Å². The first-order valence-corrected chi connectivity index (χ1v) is 6.77. The highest BCUT2D eigenvalue weighted by molar-refractivity contribution is 9.10. The number of pyridine rings is 1. The van der Waals surface area contributed by atoms with Gasteiger partial charge in [0.05, 0.1) is 5.56 Å². The van der Waals surface area contributed by atoms with Gasteiger partial charge in [0.2, 0.25) is 5.90 Å². The van der Waals surface area contributed by atoms with Crippen LogP contribution in [0.2, 0.25) is 0 Å². The van der Waals surface area contributed by atoms with E-state index < -0.39 is 5.97 Å². The van der Waals surface area contributed by atoms with Gasteiger partial charge in [-0.1, -0.05) is 12.1 Å². The molecule has 1 aliphatic rings. The number of nitrogens with zero attached hydrogens (tertiary/aromatic N) is 1. The SMILES string of the molecule is O=C1OC(c2ccccc2Br)=NC1=Cc1ccc[nH+]c1. The van der Waals surface area contributed by atoms with E-state index in [0.717, 1.165) is 15.6 Å². The van der Waals surface area contributed by atoms with E-state index in [-0.39, 0.29) is 5.70 Å². The van der Waals surface area contributed by atoms with Crippen LogP contribution in [0.5, 0.6) is 0 Å². The fraction of sp³-hybridized carbons (Fsp3) is 0. The zero-order valence-corrected chi connectivity index (χ0v) is 11.9. The van der Waals surface area contributed by atoms with Crippen LogP contribution in [0.25, 0.3) is 6.08 Å². The predicted molar refractivity (Wildman–Crippen MR) is 77.7 cm³/mol. The molecule has 0 saturated carbocycles. The Morgan fingerprint density at radius 2 is 2.05 bits per heavy atom. The number of hydrogen-bond acceptors (Lipinski definition) is 3. The number of carbonyl (C=O) groups is 1. The molecule has 0 bridgehead atoms. The summed E-state index contributed by atoms with van der Waals surface area (Å²) in [5, 5.41) is 0. The quantitative estimate of drug-likeness (QED) is 0.628. The van der Waals surface area contributed by atoms with Crippen molar-refractivity contribution in [3.05, 3.63) is 70.1 Å². The Balaban J connectivity index is 1.98. The molecule has 4 nitrogen and oxygen atoms in total. The van der Waals surface area contributed by atoms with Crippen molar-refractivity contribution in [2.75, 3.05) is 0 Å². The molecule has 1 aromatic carbocycles. The number of aliphatic imine (C=N–C) groups is 1. The normalized spacial score (nSPS) is 16.1. The van der Waals surface area contributed by atoms with E-state index >= 15 is 0 Å². The van der Waals surface area contributed by atoms with E-state index in [1.54, 1.807) is 18.5 Å². The summed E-state index contributed by atoms with van der Waals surface area (Å²) in [6.07, 6.45) is 5.26. The van der Waals surface area contributed by atoms with E-state index in [9.17, 15) is 4.79 Å². The van der Waals surface area contributed by atoms with Crippen LogP contribution < -0.4 is 4.98 Å². The Morgan fingerprint density at radius 3 is 2.80 bits per heavy atom. The van der Waals surface area contributed by atoms with Crippen LogP contribution in [-0.2, 0) is 9.53 Å². The average molecular weight is 330 g/mol. The van der Waals surface area contributed by atoms with Gasteiger partial charge < -0.3 is 4.74 Å². The van der Waals surface area contributed by atoms with E-state index in [4.69, 9.17) is 4.74 Å². The zero-order valence-electron chi connectivity index (χ0n) is 10.3. The number of esters is 1. The van der Waals surface area contributed by atoms with Gasteiger partial charge in [-0.2, -0.15) is 0 Å². The summed E-state index contributed by atoms with van der Waals surface area (Å²) in [6.45, 7) is 0. The Hall–Kier alpha value is -2.27. The summed E-state index contributed by atoms with van der Waals surface area (Å²) in [4.78, 5) is 19.0. The number of aromatic amines is 1. The molecule has 5 heteroatoms. The maximum Gasteiger partial charge on any atom is 0.363 e. The minimum absolute atomic E-state index is 0.287. The molecule has 20 heavy (non-hydrogen) atoms. The number of cyclic esters (lactones) is 1. The fourth-order valence-corrected chi connectivity index (χ4v) is 2.27. The molecule has 98 valence electrons. The van der Waals surface area contributed by atoms with Crippen molar-refractivity contribution in [2.24, 2.45) is 4.99 Å². The number of aromatic nitrogens is 1. The van der Waals surface area contributed by atoms with Crippen molar-refractivity contribution < 1.29 is 14.5 Å². The Labute approximate surface area is 124 Å². The number of nitrogens with one attached hydrogen (secondary N) is 1. The topological polar surface area (TPSA) is 52.8 Å². The third kappa shape index (κ3) is 2.53. The maximum absolute atomic E-state index is 11.8. The van der Waals surface area contributed by atoms with Crippen molar-refractivity contribution in [1.82, 2.24) is 0 Å². The summed E-state index contributed by atoms with van der Waals surface area (Å²) < 4.78 is 6.05. The Bertz CT molecular complexity index is 724. The molecule has 1 aliphatic heterocycles. The standard InChI is InChI=1S/C15H9BrN2O2/c16-12-6-2-1-5-11(12)14-18-13(15(19)20-14)8-10-4-3-7-17-9-10/h1-9H/p+1. The second-order valence-electron chi connectivity index (χ2n) is 4.15. The molecule has 0 unspecified atom stereocenters. The number of H-pyrrole nitrogens is 1. The van der Waals surface area contributed by atoms with Gasteiger partial charge in [0.1, 0.15) is 0 Å². The molecule has 0 saturated heterocycles. The number of hydrogen-bond donors (Lipinski definition) is 0. The van der Waals surface area contributed by atoms with Gasteiger partial charge in [0.15, 0.2) is 18.1 Å². The second-order valence-corrected chi connectivity index (χ2v) is 5.01. The first-order chi connectivity index (χ1) is 9.74. The largest absolute Gasteiger partial charge is 0.402 e. The lowest BCUT2D eigenvalue weighted by atomic mass is 10.2. The smallest absolute Gasteiger partial charge is 0.363 e. The molecule has 2 aromatic rings. The maximum atomic E-state index is 11.8. The van der Waals surface area contributed by atoms with Crippen molar-refractivity contribution in [3.63, 3.8) is 0 Å². The summed E-state index contributed by atoms with van der Waals surface area (Å²) in [7, 11) is 0. The average Bonchev–Trinajstić information content (AvgIpc) is 2.81. The Kier molecular flexibility index (Phi) is 3.43. The lowest BCUT2D eigenvalue weighted by Gasteiger charge is -2.01. The van der Waals surface area contributed by atoms with Crippen molar-refractivity contribution >= 4 is 33.9 Å². The molecule has 1 aromatic heterocycles. The molecule has 1 N–H and O–H groups in total. The third-order valence-corrected chi connectivity index (χ3v) is 3.45. The highest BCUT2D eigenvalue weighted by Gasteiger charge is 2.25. The van der Waals surface area contributed by atoms with Gasteiger partial charge in [-0.05, 0) is 40.2 Å². The third-order valence-electron chi connectivity index (χ3n) is 2.76. The molecule has 0 aliphatic carbocycles. The molecule has 2 heterocycles. The first kappa shape index (κ1) is 12.7. The number of halogens is 1. The van der Waals surface area contributed by atoms with E-state index in [0.29, 0.717) is 5.90 Å². The number of carbonyl (C=O) groups excluding carboxylic acids is 1. The van der Waals surface area contributed by atoms with Gasteiger partial charge in [-0.15, -0.1) is 0 Å².